The fourth-order valence-corrected chi connectivity index (χ4v) is 2.42. The maximum absolute atomic E-state index is 12.0. The van der Waals surface area contributed by atoms with E-state index in [1.54, 1.807) is 11.9 Å². The molecule has 2 aromatic carbocycles. The Morgan fingerprint density at radius 1 is 1.09 bits per heavy atom. The van der Waals surface area contributed by atoms with Gasteiger partial charge in [-0.25, -0.2) is 4.79 Å². The normalized spacial score (nSPS) is 10.3. The first-order valence-corrected chi connectivity index (χ1v) is 7.81. The highest BCUT2D eigenvalue weighted by Crippen LogP contribution is 2.16. The number of carbonyl (C=O) groups is 1. The molecule has 0 saturated carbocycles. The summed E-state index contributed by atoms with van der Waals surface area (Å²) in [6, 6.07) is 17.8. The number of benzene rings is 2. The molecule has 116 valence electrons. The fraction of sp³-hybridized carbons (Fsp3) is 0.278. The molecule has 0 unspecified atom stereocenters. The Kier molecular flexibility index (Phi) is 6.28. The second-order valence-corrected chi connectivity index (χ2v) is 5.68. The summed E-state index contributed by atoms with van der Waals surface area (Å²) in [7, 11) is 1.77. The third kappa shape index (κ3) is 5.08. The van der Waals surface area contributed by atoms with Gasteiger partial charge in [0.1, 0.15) is 0 Å². The SMILES string of the molecule is CN(Cc1ccccc1Cl)C(=O)NCCCc1ccccc1. The van der Waals surface area contributed by atoms with Crippen LogP contribution in [0.4, 0.5) is 4.79 Å². The van der Waals surface area contributed by atoms with Crippen molar-refractivity contribution in [2.75, 3.05) is 13.6 Å². The van der Waals surface area contributed by atoms with Gasteiger partial charge in [0.2, 0.25) is 0 Å². The zero-order valence-electron chi connectivity index (χ0n) is 12.8. The number of rotatable bonds is 6. The zero-order valence-corrected chi connectivity index (χ0v) is 13.5. The van der Waals surface area contributed by atoms with E-state index in [9.17, 15) is 4.79 Å². The molecule has 0 fully saturated rings. The number of carbonyl (C=O) groups excluding carboxylic acids is 1. The quantitative estimate of drug-likeness (QED) is 0.799. The summed E-state index contributed by atoms with van der Waals surface area (Å²) in [6.07, 6.45) is 1.89. The highest BCUT2D eigenvalue weighted by molar-refractivity contribution is 6.31. The molecule has 0 aliphatic rings. The monoisotopic (exact) mass is 316 g/mol. The van der Waals surface area contributed by atoms with Crippen molar-refractivity contribution in [1.29, 1.82) is 0 Å². The van der Waals surface area contributed by atoms with Crippen LogP contribution in [0.5, 0.6) is 0 Å². The molecule has 0 bridgehead atoms. The van der Waals surface area contributed by atoms with Gasteiger partial charge in [-0.05, 0) is 30.0 Å². The van der Waals surface area contributed by atoms with E-state index in [0.29, 0.717) is 18.1 Å². The Morgan fingerprint density at radius 2 is 1.77 bits per heavy atom. The highest BCUT2D eigenvalue weighted by Gasteiger charge is 2.09. The van der Waals surface area contributed by atoms with Gasteiger partial charge in [0.25, 0.3) is 0 Å². The van der Waals surface area contributed by atoms with Crippen LogP contribution in [-0.2, 0) is 13.0 Å². The highest BCUT2D eigenvalue weighted by atomic mass is 35.5. The standard InChI is InChI=1S/C18H21ClN2O/c1-21(14-16-11-5-6-12-17(16)19)18(22)20-13-7-10-15-8-3-2-4-9-15/h2-6,8-9,11-12H,7,10,13-14H2,1H3,(H,20,22). The van der Waals surface area contributed by atoms with Gasteiger partial charge in [-0.2, -0.15) is 0 Å². The smallest absolute Gasteiger partial charge is 0.317 e. The van der Waals surface area contributed by atoms with Crippen molar-refractivity contribution in [3.05, 3.63) is 70.7 Å². The minimum absolute atomic E-state index is 0.0759. The summed E-state index contributed by atoms with van der Waals surface area (Å²) < 4.78 is 0. The summed E-state index contributed by atoms with van der Waals surface area (Å²) in [4.78, 5) is 13.7. The van der Waals surface area contributed by atoms with E-state index < -0.39 is 0 Å². The average molecular weight is 317 g/mol. The van der Waals surface area contributed by atoms with E-state index in [4.69, 9.17) is 11.6 Å². The van der Waals surface area contributed by atoms with Gasteiger partial charge < -0.3 is 10.2 Å². The second-order valence-electron chi connectivity index (χ2n) is 5.27. The summed E-state index contributed by atoms with van der Waals surface area (Å²) >= 11 is 6.11. The van der Waals surface area contributed by atoms with Crippen LogP contribution in [0.15, 0.2) is 54.6 Å². The number of hydrogen-bond donors (Lipinski definition) is 1. The number of aryl methyl sites for hydroxylation is 1. The molecule has 2 rings (SSSR count). The van der Waals surface area contributed by atoms with Crippen molar-refractivity contribution in [2.24, 2.45) is 0 Å². The third-order valence-corrected chi connectivity index (χ3v) is 3.84. The molecule has 3 nitrogen and oxygen atoms in total. The Balaban J connectivity index is 1.71. The molecule has 1 N–H and O–H groups in total. The van der Waals surface area contributed by atoms with E-state index >= 15 is 0 Å². The molecular formula is C18H21ClN2O. The van der Waals surface area contributed by atoms with E-state index in [2.05, 4.69) is 17.4 Å². The third-order valence-electron chi connectivity index (χ3n) is 3.47. The number of amides is 2. The van der Waals surface area contributed by atoms with Gasteiger partial charge in [-0.15, -0.1) is 0 Å². The van der Waals surface area contributed by atoms with Crippen LogP contribution >= 0.6 is 11.6 Å². The van der Waals surface area contributed by atoms with Gasteiger partial charge in [0, 0.05) is 25.2 Å². The predicted octanol–water partition coefficient (Wildman–Crippen LogP) is 4.11. The summed E-state index contributed by atoms with van der Waals surface area (Å²) in [5.74, 6) is 0. The lowest BCUT2D eigenvalue weighted by atomic mass is 10.1. The summed E-state index contributed by atoms with van der Waals surface area (Å²) in [5.41, 5.74) is 2.24. The number of halogens is 1. The molecule has 0 saturated heterocycles. The number of urea groups is 1. The molecule has 2 amide bonds. The molecule has 0 spiro atoms. The first kappa shape index (κ1) is 16.4. The van der Waals surface area contributed by atoms with E-state index in [1.807, 2.05) is 42.5 Å². The van der Waals surface area contributed by atoms with Crippen LogP contribution in [0.25, 0.3) is 0 Å². The lowest BCUT2D eigenvalue weighted by molar-refractivity contribution is 0.207. The molecule has 0 radical (unpaired) electrons. The lowest BCUT2D eigenvalue weighted by Gasteiger charge is -2.18. The van der Waals surface area contributed by atoms with E-state index in [0.717, 1.165) is 18.4 Å². The number of nitrogens with one attached hydrogen (secondary N) is 1. The average Bonchev–Trinajstić information content (AvgIpc) is 2.54. The van der Waals surface area contributed by atoms with Gasteiger partial charge in [0.15, 0.2) is 0 Å². The first-order valence-electron chi connectivity index (χ1n) is 7.43. The minimum atomic E-state index is -0.0759. The number of nitrogens with zero attached hydrogens (tertiary/aromatic N) is 1. The Hall–Kier alpha value is -2.00. The molecule has 4 heteroatoms. The van der Waals surface area contributed by atoms with Crippen molar-refractivity contribution in [3.63, 3.8) is 0 Å². The van der Waals surface area contributed by atoms with Crippen LogP contribution < -0.4 is 5.32 Å². The molecule has 0 atom stereocenters. The molecule has 2 aromatic rings. The van der Waals surface area contributed by atoms with Crippen LogP contribution in [-0.4, -0.2) is 24.5 Å². The van der Waals surface area contributed by atoms with Gasteiger partial charge >= 0.3 is 6.03 Å². The largest absolute Gasteiger partial charge is 0.338 e. The van der Waals surface area contributed by atoms with Crippen LogP contribution in [0.1, 0.15) is 17.5 Å². The Labute approximate surface area is 136 Å². The molecule has 0 aliphatic heterocycles. The lowest BCUT2D eigenvalue weighted by Crippen LogP contribution is -2.37. The Bertz CT molecular complexity index is 601. The van der Waals surface area contributed by atoms with Crippen molar-refractivity contribution in [1.82, 2.24) is 10.2 Å². The molecule has 0 heterocycles. The topological polar surface area (TPSA) is 32.3 Å². The maximum Gasteiger partial charge on any atom is 0.317 e. The Morgan fingerprint density at radius 3 is 2.50 bits per heavy atom. The molecule has 22 heavy (non-hydrogen) atoms. The van der Waals surface area contributed by atoms with Crippen LogP contribution in [0.2, 0.25) is 5.02 Å². The first-order chi connectivity index (χ1) is 10.7. The van der Waals surface area contributed by atoms with E-state index in [-0.39, 0.29) is 6.03 Å². The summed E-state index contributed by atoms with van der Waals surface area (Å²) in [5, 5.41) is 3.62. The zero-order chi connectivity index (χ0) is 15.8. The second kappa shape index (κ2) is 8.44. The minimum Gasteiger partial charge on any atom is -0.338 e. The predicted molar refractivity (Wildman–Crippen MR) is 91.1 cm³/mol. The maximum atomic E-state index is 12.0. The summed E-state index contributed by atoms with van der Waals surface area (Å²) in [6.45, 7) is 1.17. The molecule has 0 aliphatic carbocycles. The van der Waals surface area contributed by atoms with Crippen molar-refractivity contribution >= 4 is 17.6 Å². The van der Waals surface area contributed by atoms with E-state index in [1.165, 1.54) is 5.56 Å². The van der Waals surface area contributed by atoms with Gasteiger partial charge in [0.05, 0.1) is 0 Å². The molecular weight excluding hydrogens is 296 g/mol. The fourth-order valence-electron chi connectivity index (χ4n) is 2.22. The van der Waals surface area contributed by atoms with Crippen LogP contribution in [0, 0.1) is 0 Å². The van der Waals surface area contributed by atoms with Crippen molar-refractivity contribution < 1.29 is 4.79 Å². The number of hydrogen-bond acceptors (Lipinski definition) is 1. The van der Waals surface area contributed by atoms with Gasteiger partial charge in [-0.3, -0.25) is 0 Å². The van der Waals surface area contributed by atoms with Gasteiger partial charge in [-0.1, -0.05) is 60.1 Å². The van der Waals surface area contributed by atoms with Crippen molar-refractivity contribution in [2.45, 2.75) is 19.4 Å². The van der Waals surface area contributed by atoms with Crippen LogP contribution in [0.3, 0.4) is 0 Å². The molecule has 0 aromatic heterocycles. The van der Waals surface area contributed by atoms with Crippen molar-refractivity contribution in [3.8, 4) is 0 Å².